The zero-order valence-corrected chi connectivity index (χ0v) is 15.9. The third-order valence-corrected chi connectivity index (χ3v) is 4.15. The summed E-state index contributed by atoms with van der Waals surface area (Å²) in [5.41, 5.74) is 0. The second-order valence-electron chi connectivity index (χ2n) is 6.06. The van der Waals surface area contributed by atoms with Gasteiger partial charge in [0.15, 0.2) is 48.1 Å². The summed E-state index contributed by atoms with van der Waals surface area (Å²) in [4.78, 5) is 42.7. The summed E-state index contributed by atoms with van der Waals surface area (Å²) in [6, 6.07) is 10.6. The van der Waals surface area contributed by atoms with Gasteiger partial charge >= 0.3 is 0 Å². The lowest BCUT2D eigenvalue weighted by Gasteiger charge is -2.14. The van der Waals surface area contributed by atoms with Crippen LogP contribution in [0, 0.1) is 0 Å². The van der Waals surface area contributed by atoms with Crippen molar-refractivity contribution in [2.45, 2.75) is 0 Å². The van der Waals surface area contributed by atoms with Crippen LogP contribution in [0.3, 0.4) is 0 Å². The van der Waals surface area contributed by atoms with Gasteiger partial charge in [0.1, 0.15) is 26.4 Å². The first kappa shape index (κ1) is 20.8. The van der Waals surface area contributed by atoms with Crippen molar-refractivity contribution < 1.29 is 38.1 Å². The topological polar surface area (TPSA) is 105 Å². The third-order valence-electron chi connectivity index (χ3n) is 4.15. The number of fused-ring (bicyclic) bond motifs is 2. The summed E-state index contributed by atoms with van der Waals surface area (Å²) >= 11 is 0. The number of ether oxygens (including phenoxy) is 4. The fourth-order valence-corrected chi connectivity index (χ4v) is 2.96. The molecule has 0 aliphatic rings. The number of hydrogen-bond acceptors (Lipinski definition) is 8. The van der Waals surface area contributed by atoms with Crippen LogP contribution in [-0.2, 0) is 19.2 Å². The van der Waals surface area contributed by atoms with E-state index < -0.39 is 0 Å². The quantitative estimate of drug-likeness (QED) is 0.331. The molecule has 30 heavy (non-hydrogen) atoms. The highest BCUT2D eigenvalue weighted by atomic mass is 16.5. The van der Waals surface area contributed by atoms with E-state index in [0.29, 0.717) is 48.1 Å². The lowest BCUT2D eigenvalue weighted by molar-refractivity contribution is -0.110. The van der Waals surface area contributed by atoms with Crippen molar-refractivity contribution >= 4 is 46.7 Å². The van der Waals surface area contributed by atoms with E-state index in [0.717, 1.165) is 21.5 Å². The Balaban J connectivity index is 2.12. The second kappa shape index (κ2) is 10.0. The van der Waals surface area contributed by atoms with E-state index in [1.54, 1.807) is 24.3 Å². The normalized spacial score (nSPS) is 10.4. The molecule has 3 aromatic rings. The van der Waals surface area contributed by atoms with Crippen LogP contribution < -0.4 is 18.9 Å². The fraction of sp³-hybridized carbons (Fsp3) is 0.182. The van der Waals surface area contributed by atoms with Gasteiger partial charge in [0.25, 0.3) is 0 Å². The monoisotopic (exact) mass is 410 g/mol. The van der Waals surface area contributed by atoms with Gasteiger partial charge in [0.05, 0.1) is 0 Å². The van der Waals surface area contributed by atoms with Crippen LogP contribution in [0.1, 0.15) is 0 Å². The molecule has 0 radical (unpaired) electrons. The van der Waals surface area contributed by atoms with Crippen molar-refractivity contribution in [2.75, 3.05) is 26.4 Å². The molecule has 8 nitrogen and oxygen atoms in total. The first-order chi connectivity index (χ1) is 14.7. The van der Waals surface area contributed by atoms with E-state index in [1.807, 2.05) is 12.1 Å². The van der Waals surface area contributed by atoms with E-state index in [4.69, 9.17) is 18.9 Å². The number of aldehydes is 4. The summed E-state index contributed by atoms with van der Waals surface area (Å²) < 4.78 is 21.7. The molecule has 0 amide bonds. The molecule has 0 N–H and O–H groups in total. The van der Waals surface area contributed by atoms with Gasteiger partial charge in [0, 0.05) is 0 Å². The standard InChI is InChI=1S/C22H18O8/c23-1-5-27-19-11-15-9-17-13-21(29-7-3-25)22(30-8-4-26)14-18(17)10-16(15)12-20(19)28-6-2-24/h1-4,9-14H,5-8H2. The van der Waals surface area contributed by atoms with E-state index in [2.05, 4.69) is 0 Å². The molecule has 0 heterocycles. The molecule has 154 valence electrons. The molecule has 0 aromatic heterocycles. The molecule has 3 aromatic carbocycles. The molecule has 0 unspecified atom stereocenters. The minimum absolute atomic E-state index is 0.155. The average Bonchev–Trinajstić information content (AvgIpc) is 2.76. The minimum atomic E-state index is -0.155. The summed E-state index contributed by atoms with van der Waals surface area (Å²) in [6.45, 7) is -0.620. The Bertz CT molecular complexity index is 921. The van der Waals surface area contributed by atoms with Crippen molar-refractivity contribution in [3.8, 4) is 23.0 Å². The maximum atomic E-state index is 10.7. The lowest BCUT2D eigenvalue weighted by Crippen LogP contribution is -2.04. The Labute approximate surface area is 171 Å². The molecule has 0 bridgehead atoms. The molecule has 0 saturated heterocycles. The van der Waals surface area contributed by atoms with E-state index in [1.165, 1.54) is 0 Å². The highest BCUT2D eigenvalue weighted by Gasteiger charge is 2.12. The second-order valence-corrected chi connectivity index (χ2v) is 6.06. The van der Waals surface area contributed by atoms with Gasteiger partial charge < -0.3 is 18.9 Å². The Morgan fingerprint density at radius 2 is 0.667 bits per heavy atom. The molecule has 0 atom stereocenters. The molecule has 8 heteroatoms. The van der Waals surface area contributed by atoms with Gasteiger partial charge in [-0.25, -0.2) is 0 Å². The van der Waals surface area contributed by atoms with Crippen LogP contribution in [-0.4, -0.2) is 51.6 Å². The first-order valence-electron chi connectivity index (χ1n) is 9.01. The summed E-state index contributed by atoms with van der Waals surface area (Å²) in [7, 11) is 0. The summed E-state index contributed by atoms with van der Waals surface area (Å²) in [5, 5.41) is 3.18. The average molecular weight is 410 g/mol. The summed E-state index contributed by atoms with van der Waals surface area (Å²) in [5.74, 6) is 1.33. The smallest absolute Gasteiger partial charge is 0.162 e. The Kier molecular flexibility index (Phi) is 6.94. The van der Waals surface area contributed by atoms with Crippen molar-refractivity contribution in [3.05, 3.63) is 36.4 Å². The number of benzene rings is 3. The third kappa shape index (κ3) is 4.72. The van der Waals surface area contributed by atoms with Crippen LogP contribution in [0.4, 0.5) is 0 Å². The van der Waals surface area contributed by atoms with E-state index in [-0.39, 0.29) is 26.4 Å². The Morgan fingerprint density at radius 3 is 0.867 bits per heavy atom. The van der Waals surface area contributed by atoms with Gasteiger partial charge in [-0.2, -0.15) is 0 Å². The molecule has 0 aliphatic carbocycles. The number of carbonyl (C=O) groups excluding carboxylic acids is 4. The maximum Gasteiger partial charge on any atom is 0.162 e. The van der Waals surface area contributed by atoms with Crippen LogP contribution >= 0.6 is 0 Å². The van der Waals surface area contributed by atoms with E-state index in [9.17, 15) is 19.2 Å². The van der Waals surface area contributed by atoms with Gasteiger partial charge in [0.2, 0.25) is 0 Å². The summed E-state index contributed by atoms with van der Waals surface area (Å²) in [6.07, 6.45) is 2.47. The zero-order chi connectivity index (χ0) is 21.3. The van der Waals surface area contributed by atoms with Crippen LogP contribution in [0.2, 0.25) is 0 Å². The van der Waals surface area contributed by atoms with Crippen molar-refractivity contribution in [1.29, 1.82) is 0 Å². The molecular formula is C22H18O8. The molecule has 0 spiro atoms. The molecule has 0 fully saturated rings. The lowest BCUT2D eigenvalue weighted by atomic mass is 10.0. The molecular weight excluding hydrogens is 392 g/mol. The predicted octanol–water partition coefficient (Wildman–Crippen LogP) is 2.30. The zero-order valence-electron chi connectivity index (χ0n) is 15.9. The SMILES string of the molecule is O=CCOc1cc2cc3cc(OCC=O)c(OCC=O)cc3cc2cc1OCC=O. The van der Waals surface area contributed by atoms with Gasteiger partial charge in [-0.15, -0.1) is 0 Å². The first-order valence-corrected chi connectivity index (χ1v) is 9.01. The van der Waals surface area contributed by atoms with Crippen molar-refractivity contribution in [3.63, 3.8) is 0 Å². The fourth-order valence-electron chi connectivity index (χ4n) is 2.96. The van der Waals surface area contributed by atoms with E-state index >= 15 is 0 Å². The highest BCUT2D eigenvalue weighted by Crippen LogP contribution is 2.38. The highest BCUT2D eigenvalue weighted by molar-refractivity contribution is 6.00. The van der Waals surface area contributed by atoms with Crippen LogP contribution in [0.5, 0.6) is 23.0 Å². The molecule has 0 saturated carbocycles. The van der Waals surface area contributed by atoms with Crippen LogP contribution in [0.15, 0.2) is 36.4 Å². The Morgan fingerprint density at radius 1 is 0.433 bits per heavy atom. The minimum Gasteiger partial charge on any atom is -0.482 e. The van der Waals surface area contributed by atoms with Gasteiger partial charge in [-0.05, 0) is 57.9 Å². The van der Waals surface area contributed by atoms with Gasteiger partial charge in [-0.1, -0.05) is 0 Å². The molecule has 3 rings (SSSR count). The number of hydrogen-bond donors (Lipinski definition) is 0. The van der Waals surface area contributed by atoms with Crippen molar-refractivity contribution in [1.82, 2.24) is 0 Å². The number of carbonyl (C=O) groups is 4. The predicted molar refractivity (Wildman–Crippen MR) is 108 cm³/mol. The maximum absolute atomic E-state index is 10.7. The number of rotatable bonds is 12. The largest absolute Gasteiger partial charge is 0.482 e. The molecule has 0 aliphatic heterocycles. The van der Waals surface area contributed by atoms with Crippen LogP contribution in [0.25, 0.3) is 21.5 Å². The Hall–Kier alpha value is -3.94. The van der Waals surface area contributed by atoms with Gasteiger partial charge in [-0.3, -0.25) is 19.2 Å². The van der Waals surface area contributed by atoms with Crippen molar-refractivity contribution in [2.24, 2.45) is 0 Å².